The van der Waals surface area contributed by atoms with E-state index in [2.05, 4.69) is 15.9 Å². The van der Waals surface area contributed by atoms with Crippen LogP contribution in [-0.2, 0) is 16.0 Å². The molecule has 74 valence electrons. The van der Waals surface area contributed by atoms with Crippen molar-refractivity contribution in [2.75, 3.05) is 7.11 Å². The molecule has 0 aliphatic heterocycles. The van der Waals surface area contributed by atoms with Crippen molar-refractivity contribution in [1.82, 2.24) is 0 Å². The van der Waals surface area contributed by atoms with E-state index in [1.807, 2.05) is 18.2 Å². The Balaban J connectivity index is 2.40. The fourth-order valence-corrected chi connectivity index (χ4v) is 2.58. The first kappa shape index (κ1) is 9.71. The van der Waals surface area contributed by atoms with Crippen molar-refractivity contribution in [3.8, 4) is 0 Å². The van der Waals surface area contributed by atoms with Crippen LogP contribution in [0, 0.1) is 0 Å². The van der Waals surface area contributed by atoms with Gasteiger partial charge in [0, 0.05) is 4.47 Å². The molecule has 0 N–H and O–H groups in total. The molecule has 1 aliphatic carbocycles. The van der Waals surface area contributed by atoms with Gasteiger partial charge in [0.15, 0.2) is 0 Å². The predicted molar refractivity (Wildman–Crippen MR) is 57.2 cm³/mol. The maximum Gasteiger partial charge on any atom is 0.313 e. The Morgan fingerprint density at radius 2 is 2.36 bits per heavy atom. The number of benzene rings is 1. The first-order chi connectivity index (χ1) is 6.74. The molecular formula is C11H11BrO2. The van der Waals surface area contributed by atoms with Gasteiger partial charge in [-0.15, -0.1) is 0 Å². The van der Waals surface area contributed by atoms with Gasteiger partial charge < -0.3 is 4.74 Å². The molecule has 2 nitrogen and oxygen atoms in total. The van der Waals surface area contributed by atoms with Gasteiger partial charge in [0.2, 0.25) is 0 Å². The lowest BCUT2D eigenvalue weighted by atomic mass is 10.0. The van der Waals surface area contributed by atoms with Gasteiger partial charge in [-0.05, 0) is 30.0 Å². The third-order valence-corrected chi connectivity index (χ3v) is 3.44. The molecule has 0 saturated heterocycles. The van der Waals surface area contributed by atoms with Gasteiger partial charge in [-0.3, -0.25) is 4.79 Å². The Morgan fingerprint density at radius 3 is 3.07 bits per heavy atom. The smallest absolute Gasteiger partial charge is 0.313 e. The number of carbonyl (C=O) groups is 1. The second kappa shape index (κ2) is 3.73. The maximum atomic E-state index is 11.5. The minimum Gasteiger partial charge on any atom is -0.469 e. The molecule has 1 aliphatic rings. The average molecular weight is 255 g/mol. The summed E-state index contributed by atoms with van der Waals surface area (Å²) >= 11 is 3.49. The molecule has 0 radical (unpaired) electrons. The molecule has 0 fully saturated rings. The topological polar surface area (TPSA) is 26.3 Å². The summed E-state index contributed by atoms with van der Waals surface area (Å²) in [6.45, 7) is 0. The highest BCUT2D eigenvalue weighted by Gasteiger charge is 2.30. The summed E-state index contributed by atoms with van der Waals surface area (Å²) in [7, 11) is 1.44. The van der Waals surface area contributed by atoms with E-state index in [0.29, 0.717) is 0 Å². The third kappa shape index (κ3) is 1.46. The standard InChI is InChI=1S/C11H11BrO2/c1-14-11(13)9-6-5-8-7(9)3-2-4-10(8)12/h2-4,9H,5-6H2,1H3. The zero-order valence-corrected chi connectivity index (χ0v) is 9.50. The molecule has 0 aromatic heterocycles. The summed E-state index contributed by atoms with van der Waals surface area (Å²) in [4.78, 5) is 11.5. The molecule has 0 heterocycles. The molecular weight excluding hydrogens is 244 g/mol. The highest BCUT2D eigenvalue weighted by Crippen LogP contribution is 2.37. The molecule has 0 amide bonds. The second-order valence-corrected chi connectivity index (χ2v) is 4.28. The summed E-state index contributed by atoms with van der Waals surface area (Å²) in [5.41, 5.74) is 2.37. The van der Waals surface area contributed by atoms with E-state index < -0.39 is 0 Å². The van der Waals surface area contributed by atoms with Crippen molar-refractivity contribution in [2.45, 2.75) is 18.8 Å². The van der Waals surface area contributed by atoms with E-state index in [9.17, 15) is 4.79 Å². The summed E-state index contributed by atoms with van der Waals surface area (Å²) in [5, 5.41) is 0. The van der Waals surface area contributed by atoms with Crippen molar-refractivity contribution in [3.05, 3.63) is 33.8 Å². The van der Waals surface area contributed by atoms with Crippen molar-refractivity contribution in [2.24, 2.45) is 0 Å². The number of methoxy groups -OCH3 is 1. The molecule has 0 saturated carbocycles. The molecule has 1 aromatic carbocycles. The monoisotopic (exact) mass is 254 g/mol. The minimum atomic E-state index is -0.123. The number of hydrogen-bond acceptors (Lipinski definition) is 2. The Labute approximate surface area is 91.4 Å². The fraction of sp³-hybridized carbons (Fsp3) is 0.364. The lowest BCUT2D eigenvalue weighted by Gasteiger charge is -2.08. The number of halogens is 1. The number of hydrogen-bond donors (Lipinski definition) is 0. The average Bonchev–Trinajstić information content (AvgIpc) is 2.62. The van der Waals surface area contributed by atoms with Gasteiger partial charge in [-0.25, -0.2) is 0 Å². The van der Waals surface area contributed by atoms with Crippen molar-refractivity contribution in [1.29, 1.82) is 0 Å². The fourth-order valence-electron chi connectivity index (χ4n) is 2.00. The molecule has 1 unspecified atom stereocenters. The van der Waals surface area contributed by atoms with E-state index in [0.717, 1.165) is 22.9 Å². The van der Waals surface area contributed by atoms with E-state index >= 15 is 0 Å². The normalized spacial score (nSPS) is 19.1. The maximum absolute atomic E-state index is 11.5. The van der Waals surface area contributed by atoms with Crippen molar-refractivity contribution < 1.29 is 9.53 Å². The van der Waals surface area contributed by atoms with Gasteiger partial charge in [0.1, 0.15) is 0 Å². The van der Waals surface area contributed by atoms with Crippen LogP contribution in [0.25, 0.3) is 0 Å². The molecule has 1 atom stereocenters. The van der Waals surface area contributed by atoms with E-state index in [-0.39, 0.29) is 11.9 Å². The quantitative estimate of drug-likeness (QED) is 0.721. The molecule has 14 heavy (non-hydrogen) atoms. The number of fused-ring (bicyclic) bond motifs is 1. The van der Waals surface area contributed by atoms with Crippen LogP contribution in [0.5, 0.6) is 0 Å². The molecule has 3 heteroatoms. The Hall–Kier alpha value is -0.830. The zero-order valence-electron chi connectivity index (χ0n) is 7.92. The number of rotatable bonds is 1. The van der Waals surface area contributed by atoms with E-state index in [4.69, 9.17) is 4.74 Å². The Bertz CT molecular complexity index is 374. The van der Waals surface area contributed by atoms with Gasteiger partial charge >= 0.3 is 5.97 Å². The number of ether oxygens (including phenoxy) is 1. The van der Waals surface area contributed by atoms with Gasteiger partial charge in [-0.2, -0.15) is 0 Å². The van der Waals surface area contributed by atoms with Gasteiger partial charge in [0.25, 0.3) is 0 Å². The first-order valence-corrected chi connectivity index (χ1v) is 5.38. The van der Waals surface area contributed by atoms with Crippen LogP contribution in [0.4, 0.5) is 0 Å². The molecule has 0 bridgehead atoms. The summed E-state index contributed by atoms with van der Waals surface area (Å²) in [6.07, 6.45) is 1.82. The Kier molecular flexibility index (Phi) is 2.59. The van der Waals surface area contributed by atoms with Crippen LogP contribution in [0.3, 0.4) is 0 Å². The van der Waals surface area contributed by atoms with Crippen LogP contribution in [0.1, 0.15) is 23.5 Å². The molecule has 2 rings (SSSR count). The minimum absolute atomic E-state index is 0.0625. The van der Waals surface area contributed by atoms with Gasteiger partial charge in [-0.1, -0.05) is 28.1 Å². The number of carbonyl (C=O) groups excluding carboxylic acids is 1. The van der Waals surface area contributed by atoms with Gasteiger partial charge in [0.05, 0.1) is 13.0 Å². The van der Waals surface area contributed by atoms with Crippen molar-refractivity contribution in [3.63, 3.8) is 0 Å². The highest BCUT2D eigenvalue weighted by molar-refractivity contribution is 9.10. The van der Waals surface area contributed by atoms with Crippen LogP contribution in [-0.4, -0.2) is 13.1 Å². The van der Waals surface area contributed by atoms with Crippen LogP contribution in [0.2, 0.25) is 0 Å². The van der Waals surface area contributed by atoms with E-state index in [1.54, 1.807) is 0 Å². The Morgan fingerprint density at radius 1 is 1.57 bits per heavy atom. The predicted octanol–water partition coefficient (Wildman–Crippen LogP) is 2.65. The SMILES string of the molecule is COC(=O)C1CCc2c(Br)cccc21. The summed E-state index contributed by atoms with van der Waals surface area (Å²) in [5.74, 6) is -0.186. The van der Waals surface area contributed by atoms with Crippen molar-refractivity contribution >= 4 is 21.9 Å². The lowest BCUT2D eigenvalue weighted by Crippen LogP contribution is -2.11. The lowest BCUT2D eigenvalue weighted by molar-refractivity contribution is -0.142. The summed E-state index contributed by atoms with van der Waals surface area (Å²) < 4.78 is 5.88. The first-order valence-electron chi connectivity index (χ1n) is 4.59. The van der Waals surface area contributed by atoms with Crippen LogP contribution < -0.4 is 0 Å². The second-order valence-electron chi connectivity index (χ2n) is 3.42. The summed E-state index contributed by atoms with van der Waals surface area (Å²) in [6, 6.07) is 5.98. The molecule has 0 spiro atoms. The zero-order chi connectivity index (χ0) is 10.1. The molecule has 1 aromatic rings. The van der Waals surface area contributed by atoms with Crippen LogP contribution in [0.15, 0.2) is 22.7 Å². The third-order valence-electron chi connectivity index (χ3n) is 2.70. The highest BCUT2D eigenvalue weighted by atomic mass is 79.9. The largest absolute Gasteiger partial charge is 0.469 e. The van der Waals surface area contributed by atoms with E-state index in [1.165, 1.54) is 12.7 Å². The van der Waals surface area contributed by atoms with Crippen LogP contribution >= 0.6 is 15.9 Å². The number of esters is 1.